The van der Waals surface area contributed by atoms with Crippen LogP contribution < -0.4 is 10.1 Å². The number of amides is 1. The molecule has 0 aliphatic carbocycles. The van der Waals surface area contributed by atoms with Crippen molar-refractivity contribution in [3.8, 4) is 5.75 Å². The molecule has 1 heterocycles. The number of nitrogens with zero attached hydrogens (tertiary/aromatic N) is 1. The Morgan fingerprint density at radius 2 is 1.92 bits per heavy atom. The van der Waals surface area contributed by atoms with Crippen LogP contribution in [0.5, 0.6) is 5.75 Å². The van der Waals surface area contributed by atoms with Crippen molar-refractivity contribution in [1.82, 2.24) is 10.2 Å². The van der Waals surface area contributed by atoms with Crippen LogP contribution in [-0.2, 0) is 11.3 Å². The van der Waals surface area contributed by atoms with Gasteiger partial charge in [0, 0.05) is 6.54 Å². The van der Waals surface area contributed by atoms with Crippen LogP contribution >= 0.6 is 0 Å². The van der Waals surface area contributed by atoms with Crippen LogP contribution in [0.3, 0.4) is 0 Å². The summed E-state index contributed by atoms with van der Waals surface area (Å²) in [4.78, 5) is 15.1. The van der Waals surface area contributed by atoms with E-state index in [1.807, 2.05) is 49.4 Å². The van der Waals surface area contributed by atoms with Gasteiger partial charge in [-0.2, -0.15) is 0 Å². The van der Waals surface area contributed by atoms with Crippen molar-refractivity contribution in [2.45, 2.75) is 38.4 Å². The summed E-state index contributed by atoms with van der Waals surface area (Å²) in [7, 11) is 1.65. The largest absolute Gasteiger partial charge is 0.497 e. The predicted octanol–water partition coefficient (Wildman–Crippen LogP) is 3.54. The quantitative estimate of drug-likeness (QED) is 0.876. The molecule has 1 amide bonds. The van der Waals surface area contributed by atoms with E-state index in [4.69, 9.17) is 4.74 Å². The lowest BCUT2D eigenvalue weighted by atomic mass is 10.1. The number of rotatable bonds is 6. The van der Waals surface area contributed by atoms with Gasteiger partial charge in [-0.05, 0) is 49.6 Å². The van der Waals surface area contributed by atoms with Crippen molar-refractivity contribution >= 4 is 5.91 Å². The number of benzene rings is 2. The van der Waals surface area contributed by atoms with Crippen LogP contribution in [0, 0.1) is 0 Å². The highest BCUT2D eigenvalue weighted by atomic mass is 16.5. The van der Waals surface area contributed by atoms with Crippen molar-refractivity contribution in [3.63, 3.8) is 0 Å². The number of likely N-dealkylation sites (tertiary alicyclic amines) is 1. The number of ether oxygens (including phenoxy) is 1. The zero-order valence-corrected chi connectivity index (χ0v) is 14.9. The average Bonchev–Trinajstić information content (AvgIpc) is 3.11. The summed E-state index contributed by atoms with van der Waals surface area (Å²) in [6.45, 7) is 3.83. The standard InChI is InChI=1S/C21H26N2O2/c1-16(18-10-12-19(25-2)13-11-18)22-21(24)20-9-6-14-23(20)15-17-7-4-3-5-8-17/h3-5,7-8,10-13,16,20H,6,9,14-15H2,1-2H3,(H,22,24)/t16-,20+/m1/s1. The van der Waals surface area contributed by atoms with E-state index < -0.39 is 0 Å². The van der Waals surface area contributed by atoms with Gasteiger partial charge in [0.2, 0.25) is 5.91 Å². The summed E-state index contributed by atoms with van der Waals surface area (Å²) in [6, 6.07) is 18.1. The van der Waals surface area contributed by atoms with Gasteiger partial charge in [0.1, 0.15) is 5.75 Å². The minimum absolute atomic E-state index is 0.0161. The molecule has 1 aliphatic heterocycles. The summed E-state index contributed by atoms with van der Waals surface area (Å²) in [5, 5.41) is 3.17. The van der Waals surface area contributed by atoms with Gasteiger partial charge in [-0.3, -0.25) is 9.69 Å². The first-order valence-electron chi connectivity index (χ1n) is 8.89. The van der Waals surface area contributed by atoms with E-state index in [0.717, 1.165) is 37.2 Å². The number of hydrogen-bond acceptors (Lipinski definition) is 3. The minimum Gasteiger partial charge on any atom is -0.497 e. The van der Waals surface area contributed by atoms with Gasteiger partial charge in [0.05, 0.1) is 19.2 Å². The van der Waals surface area contributed by atoms with Crippen molar-refractivity contribution in [3.05, 3.63) is 65.7 Å². The average molecular weight is 338 g/mol. The van der Waals surface area contributed by atoms with Crippen molar-refractivity contribution < 1.29 is 9.53 Å². The Labute approximate surface area is 149 Å². The van der Waals surface area contributed by atoms with Crippen LogP contribution in [0.15, 0.2) is 54.6 Å². The topological polar surface area (TPSA) is 41.6 Å². The highest BCUT2D eigenvalue weighted by molar-refractivity contribution is 5.82. The van der Waals surface area contributed by atoms with Gasteiger partial charge in [-0.15, -0.1) is 0 Å². The Hall–Kier alpha value is -2.33. The van der Waals surface area contributed by atoms with Crippen molar-refractivity contribution in [2.24, 2.45) is 0 Å². The van der Waals surface area contributed by atoms with Gasteiger partial charge in [-0.25, -0.2) is 0 Å². The number of methoxy groups -OCH3 is 1. The first-order chi connectivity index (χ1) is 12.2. The third kappa shape index (κ3) is 4.40. The molecule has 0 unspecified atom stereocenters. The Kier molecular flexibility index (Phi) is 5.71. The molecule has 25 heavy (non-hydrogen) atoms. The molecule has 0 saturated carbocycles. The predicted molar refractivity (Wildman–Crippen MR) is 99.4 cm³/mol. The van der Waals surface area contributed by atoms with Crippen molar-refractivity contribution in [2.75, 3.05) is 13.7 Å². The normalized spacial score (nSPS) is 18.7. The fourth-order valence-electron chi connectivity index (χ4n) is 3.42. The molecule has 0 aromatic heterocycles. The lowest BCUT2D eigenvalue weighted by Crippen LogP contribution is -2.43. The van der Waals surface area contributed by atoms with Crippen molar-refractivity contribution in [1.29, 1.82) is 0 Å². The van der Waals surface area contributed by atoms with Gasteiger partial charge in [0.15, 0.2) is 0 Å². The van der Waals surface area contributed by atoms with Crippen LogP contribution in [0.4, 0.5) is 0 Å². The molecular formula is C21H26N2O2. The molecule has 4 nitrogen and oxygen atoms in total. The van der Waals surface area contributed by atoms with Gasteiger partial charge < -0.3 is 10.1 Å². The Morgan fingerprint density at radius 3 is 2.60 bits per heavy atom. The molecule has 0 radical (unpaired) electrons. The summed E-state index contributed by atoms with van der Waals surface area (Å²) in [5.41, 5.74) is 2.34. The number of carbonyl (C=O) groups excluding carboxylic acids is 1. The van der Waals surface area contributed by atoms with E-state index >= 15 is 0 Å². The molecule has 4 heteroatoms. The second-order valence-electron chi connectivity index (χ2n) is 6.62. The molecule has 132 valence electrons. The molecule has 2 atom stereocenters. The maximum absolute atomic E-state index is 12.8. The minimum atomic E-state index is -0.0408. The van der Waals surface area contributed by atoms with E-state index in [1.165, 1.54) is 5.56 Å². The Morgan fingerprint density at radius 1 is 1.20 bits per heavy atom. The van der Waals surface area contributed by atoms with E-state index in [0.29, 0.717) is 0 Å². The molecule has 3 rings (SSSR count). The first-order valence-corrected chi connectivity index (χ1v) is 8.89. The van der Waals surface area contributed by atoms with Crippen LogP contribution in [0.1, 0.15) is 36.9 Å². The summed E-state index contributed by atoms with van der Waals surface area (Å²) in [5.74, 6) is 0.948. The Bertz CT molecular complexity index is 685. The molecule has 2 aromatic carbocycles. The smallest absolute Gasteiger partial charge is 0.237 e. The number of carbonyl (C=O) groups is 1. The highest BCUT2D eigenvalue weighted by Crippen LogP contribution is 2.22. The summed E-state index contributed by atoms with van der Waals surface area (Å²) in [6.07, 6.45) is 2.00. The fourth-order valence-corrected chi connectivity index (χ4v) is 3.42. The molecule has 1 fully saturated rings. The first kappa shape index (κ1) is 17.5. The van der Waals surface area contributed by atoms with Crippen LogP contribution in [0.2, 0.25) is 0 Å². The van der Waals surface area contributed by atoms with E-state index in [2.05, 4.69) is 22.3 Å². The third-order valence-electron chi connectivity index (χ3n) is 4.87. The number of hydrogen-bond donors (Lipinski definition) is 1. The van der Waals surface area contributed by atoms with Gasteiger partial charge >= 0.3 is 0 Å². The lowest BCUT2D eigenvalue weighted by Gasteiger charge is -2.25. The molecule has 1 saturated heterocycles. The SMILES string of the molecule is COc1ccc([C@@H](C)NC(=O)[C@@H]2CCCN2Cc2ccccc2)cc1. The highest BCUT2D eigenvalue weighted by Gasteiger charge is 2.31. The fraction of sp³-hybridized carbons (Fsp3) is 0.381. The third-order valence-corrected chi connectivity index (χ3v) is 4.87. The molecule has 0 bridgehead atoms. The Balaban J connectivity index is 1.60. The maximum atomic E-state index is 12.8. The monoisotopic (exact) mass is 338 g/mol. The second kappa shape index (κ2) is 8.17. The van der Waals surface area contributed by atoms with Crippen LogP contribution in [0.25, 0.3) is 0 Å². The molecular weight excluding hydrogens is 312 g/mol. The van der Waals surface area contributed by atoms with Crippen LogP contribution in [-0.4, -0.2) is 30.5 Å². The zero-order chi connectivity index (χ0) is 17.6. The molecule has 1 N–H and O–H groups in total. The van der Waals surface area contributed by atoms with E-state index in [1.54, 1.807) is 7.11 Å². The zero-order valence-electron chi connectivity index (χ0n) is 14.9. The number of nitrogens with one attached hydrogen (secondary N) is 1. The molecule has 1 aliphatic rings. The lowest BCUT2D eigenvalue weighted by molar-refractivity contribution is -0.126. The second-order valence-corrected chi connectivity index (χ2v) is 6.62. The summed E-state index contributed by atoms with van der Waals surface area (Å²) < 4.78 is 5.19. The summed E-state index contributed by atoms with van der Waals surface area (Å²) >= 11 is 0. The van der Waals surface area contributed by atoms with E-state index in [9.17, 15) is 4.79 Å². The molecule has 0 spiro atoms. The van der Waals surface area contributed by atoms with E-state index in [-0.39, 0.29) is 18.0 Å². The van der Waals surface area contributed by atoms with Gasteiger partial charge in [0.25, 0.3) is 0 Å². The maximum Gasteiger partial charge on any atom is 0.237 e. The molecule has 2 aromatic rings. The van der Waals surface area contributed by atoms with Gasteiger partial charge in [-0.1, -0.05) is 42.5 Å².